The lowest BCUT2D eigenvalue weighted by atomic mass is 9.63. The molecular formula is C10H20FN. The fraction of sp³-hybridized carbons (Fsp3) is 1.00. The van der Waals surface area contributed by atoms with E-state index in [-0.39, 0.29) is 0 Å². The summed E-state index contributed by atoms with van der Waals surface area (Å²) in [7, 11) is 1.80. The number of nitrogens with one attached hydrogen (secondary N) is 1. The zero-order chi connectivity index (χ0) is 9.19. The van der Waals surface area contributed by atoms with Crippen molar-refractivity contribution < 1.29 is 4.39 Å². The van der Waals surface area contributed by atoms with Crippen molar-refractivity contribution in [1.29, 1.82) is 0 Å². The van der Waals surface area contributed by atoms with Gasteiger partial charge in [-0.2, -0.15) is 0 Å². The van der Waals surface area contributed by atoms with E-state index in [1.165, 1.54) is 12.8 Å². The minimum atomic E-state index is -0.643. The molecule has 0 aromatic heterocycles. The van der Waals surface area contributed by atoms with Gasteiger partial charge in [-0.15, -0.1) is 0 Å². The normalized spacial score (nSPS) is 25.0. The molecule has 0 amide bonds. The molecule has 0 unspecified atom stereocenters. The van der Waals surface area contributed by atoms with Crippen LogP contribution >= 0.6 is 0 Å². The second kappa shape index (κ2) is 3.73. The second-order valence-electron chi connectivity index (χ2n) is 4.83. The molecule has 0 aromatic rings. The highest BCUT2D eigenvalue weighted by atomic mass is 19.1. The van der Waals surface area contributed by atoms with Crippen LogP contribution in [-0.2, 0) is 0 Å². The first-order valence-electron chi connectivity index (χ1n) is 4.82. The van der Waals surface area contributed by atoms with E-state index in [0.717, 1.165) is 6.42 Å². The van der Waals surface area contributed by atoms with Gasteiger partial charge in [-0.1, -0.05) is 13.8 Å². The van der Waals surface area contributed by atoms with Gasteiger partial charge in [-0.05, 0) is 37.6 Å². The summed E-state index contributed by atoms with van der Waals surface area (Å²) >= 11 is 0. The van der Waals surface area contributed by atoms with Crippen molar-refractivity contribution in [2.45, 2.75) is 39.3 Å². The van der Waals surface area contributed by atoms with Gasteiger partial charge in [-0.25, -0.2) is 4.39 Å². The Bertz CT molecular complexity index is 137. The molecule has 1 fully saturated rings. The predicted molar refractivity (Wildman–Crippen MR) is 49.9 cm³/mol. The van der Waals surface area contributed by atoms with Crippen molar-refractivity contribution in [3.63, 3.8) is 0 Å². The van der Waals surface area contributed by atoms with Gasteiger partial charge in [0.15, 0.2) is 0 Å². The van der Waals surface area contributed by atoms with E-state index in [0.29, 0.717) is 17.9 Å². The maximum Gasteiger partial charge on any atom is 0.113 e. The maximum absolute atomic E-state index is 13.1. The largest absolute Gasteiger partial charge is 0.317 e. The third-order valence-corrected chi connectivity index (χ3v) is 2.70. The minimum absolute atomic E-state index is 0.490. The number of halogens is 1. The van der Waals surface area contributed by atoms with E-state index in [9.17, 15) is 4.39 Å². The zero-order valence-corrected chi connectivity index (χ0v) is 8.36. The highest BCUT2D eigenvalue weighted by Crippen LogP contribution is 2.46. The van der Waals surface area contributed by atoms with Crippen LogP contribution in [0, 0.1) is 11.3 Å². The molecule has 0 bridgehead atoms. The van der Waals surface area contributed by atoms with Crippen LogP contribution in [0.3, 0.4) is 0 Å². The Balaban J connectivity index is 2.10. The van der Waals surface area contributed by atoms with E-state index < -0.39 is 6.17 Å². The summed E-state index contributed by atoms with van der Waals surface area (Å²) in [5.41, 5.74) is 0.490. The fourth-order valence-corrected chi connectivity index (χ4v) is 2.34. The zero-order valence-electron chi connectivity index (χ0n) is 8.36. The highest BCUT2D eigenvalue weighted by Gasteiger charge is 2.36. The number of hydrogen-bond donors (Lipinski definition) is 1. The predicted octanol–water partition coefficient (Wildman–Crippen LogP) is 2.37. The average Bonchev–Trinajstić information content (AvgIpc) is 1.83. The molecule has 1 N–H and O–H groups in total. The molecule has 0 spiro atoms. The average molecular weight is 173 g/mol. The summed E-state index contributed by atoms with van der Waals surface area (Å²) in [5, 5.41) is 2.87. The standard InChI is InChI=1S/C10H20FN/c1-10(2)5-8(6-10)4-9(11)7-12-3/h8-9,12H,4-7H2,1-3H3/t9-/m1/s1. The van der Waals surface area contributed by atoms with Gasteiger partial charge in [0.2, 0.25) is 0 Å². The summed E-state index contributed by atoms with van der Waals surface area (Å²) in [6.45, 7) is 5.03. The Morgan fingerprint density at radius 3 is 2.50 bits per heavy atom. The van der Waals surface area contributed by atoms with E-state index in [2.05, 4.69) is 19.2 Å². The Labute approximate surface area is 74.7 Å². The van der Waals surface area contributed by atoms with Gasteiger partial charge in [0.05, 0.1) is 0 Å². The van der Waals surface area contributed by atoms with Crippen LogP contribution in [0.15, 0.2) is 0 Å². The van der Waals surface area contributed by atoms with E-state index >= 15 is 0 Å². The van der Waals surface area contributed by atoms with Gasteiger partial charge in [0.25, 0.3) is 0 Å². The molecule has 1 saturated carbocycles. The van der Waals surface area contributed by atoms with Crippen molar-refractivity contribution in [3.05, 3.63) is 0 Å². The van der Waals surface area contributed by atoms with Crippen molar-refractivity contribution in [1.82, 2.24) is 5.32 Å². The second-order valence-corrected chi connectivity index (χ2v) is 4.83. The molecule has 12 heavy (non-hydrogen) atoms. The number of rotatable bonds is 4. The highest BCUT2D eigenvalue weighted by molar-refractivity contribution is 4.87. The lowest BCUT2D eigenvalue weighted by Crippen LogP contribution is -2.34. The van der Waals surface area contributed by atoms with E-state index in [1.807, 2.05) is 0 Å². The molecule has 0 aromatic carbocycles. The van der Waals surface area contributed by atoms with Gasteiger partial charge in [0, 0.05) is 6.54 Å². The molecule has 1 aliphatic rings. The summed E-state index contributed by atoms with van der Waals surface area (Å²) in [6.07, 6.45) is 2.52. The van der Waals surface area contributed by atoms with Gasteiger partial charge < -0.3 is 5.32 Å². The first-order chi connectivity index (χ1) is 5.53. The Hall–Kier alpha value is -0.110. The van der Waals surface area contributed by atoms with Crippen molar-refractivity contribution in [2.75, 3.05) is 13.6 Å². The Morgan fingerprint density at radius 1 is 1.50 bits per heavy atom. The van der Waals surface area contributed by atoms with Crippen LogP contribution in [0.25, 0.3) is 0 Å². The Kier molecular flexibility index (Phi) is 3.10. The number of hydrogen-bond acceptors (Lipinski definition) is 1. The van der Waals surface area contributed by atoms with Gasteiger partial charge in [0.1, 0.15) is 6.17 Å². The molecule has 1 rings (SSSR count). The SMILES string of the molecule is CNC[C@H](F)CC1CC(C)(C)C1. The van der Waals surface area contributed by atoms with Crippen molar-refractivity contribution in [3.8, 4) is 0 Å². The smallest absolute Gasteiger partial charge is 0.113 e. The molecule has 72 valence electrons. The first kappa shape index (κ1) is 9.97. The summed E-state index contributed by atoms with van der Waals surface area (Å²) in [6, 6.07) is 0. The monoisotopic (exact) mass is 173 g/mol. The van der Waals surface area contributed by atoms with Crippen molar-refractivity contribution >= 4 is 0 Å². The Morgan fingerprint density at radius 2 is 2.08 bits per heavy atom. The van der Waals surface area contributed by atoms with Crippen LogP contribution in [0.1, 0.15) is 33.1 Å². The third-order valence-electron chi connectivity index (χ3n) is 2.70. The van der Waals surface area contributed by atoms with Gasteiger partial charge in [-0.3, -0.25) is 0 Å². The molecule has 0 aliphatic heterocycles. The van der Waals surface area contributed by atoms with E-state index in [4.69, 9.17) is 0 Å². The summed E-state index contributed by atoms with van der Waals surface area (Å²) in [4.78, 5) is 0. The molecule has 1 nitrogen and oxygen atoms in total. The topological polar surface area (TPSA) is 12.0 Å². The molecule has 2 heteroatoms. The van der Waals surface area contributed by atoms with Crippen LogP contribution < -0.4 is 5.32 Å². The molecule has 1 atom stereocenters. The first-order valence-corrected chi connectivity index (χ1v) is 4.82. The van der Waals surface area contributed by atoms with Crippen LogP contribution in [0.2, 0.25) is 0 Å². The van der Waals surface area contributed by atoms with Crippen LogP contribution in [0.4, 0.5) is 4.39 Å². The van der Waals surface area contributed by atoms with Crippen LogP contribution in [0.5, 0.6) is 0 Å². The molecule has 0 heterocycles. The minimum Gasteiger partial charge on any atom is -0.317 e. The lowest BCUT2D eigenvalue weighted by molar-refractivity contribution is 0.0682. The lowest BCUT2D eigenvalue weighted by Gasteiger charge is -2.43. The molecule has 0 saturated heterocycles. The maximum atomic E-state index is 13.1. The van der Waals surface area contributed by atoms with Crippen LogP contribution in [-0.4, -0.2) is 19.8 Å². The molecule has 1 aliphatic carbocycles. The number of alkyl halides is 1. The third kappa shape index (κ3) is 2.74. The van der Waals surface area contributed by atoms with E-state index in [1.54, 1.807) is 7.05 Å². The molecule has 0 radical (unpaired) electrons. The molecular weight excluding hydrogens is 153 g/mol. The van der Waals surface area contributed by atoms with Crippen molar-refractivity contribution in [2.24, 2.45) is 11.3 Å². The fourth-order valence-electron chi connectivity index (χ4n) is 2.34. The summed E-state index contributed by atoms with van der Waals surface area (Å²) in [5.74, 6) is 0.642. The quantitative estimate of drug-likeness (QED) is 0.688. The van der Waals surface area contributed by atoms with Gasteiger partial charge >= 0.3 is 0 Å². The summed E-state index contributed by atoms with van der Waals surface area (Å²) < 4.78 is 13.1.